The number of hydrogen-bond donors (Lipinski definition) is 2. The lowest BCUT2D eigenvalue weighted by Crippen LogP contribution is -2.02. The van der Waals surface area contributed by atoms with Crippen molar-refractivity contribution in [3.63, 3.8) is 0 Å². The van der Waals surface area contributed by atoms with E-state index in [1.54, 1.807) is 19.5 Å². The van der Waals surface area contributed by atoms with E-state index in [1.807, 2.05) is 30.3 Å². The predicted octanol–water partition coefficient (Wildman–Crippen LogP) is 2.58. The van der Waals surface area contributed by atoms with Crippen molar-refractivity contribution in [1.29, 1.82) is 0 Å². The summed E-state index contributed by atoms with van der Waals surface area (Å²) in [7, 11) is 1.66. The van der Waals surface area contributed by atoms with Gasteiger partial charge in [-0.05, 0) is 29.7 Å². The first-order chi connectivity index (χ1) is 9.36. The molecule has 0 bridgehead atoms. The smallest absolute Gasteiger partial charge is 0.134 e. The SMILES string of the molecule is COc1ccc2ccnc(NCc3ccn[nH]3)c2c1. The molecule has 0 amide bonds. The Hall–Kier alpha value is -2.56. The third-order valence-electron chi connectivity index (χ3n) is 2.98. The molecule has 0 aliphatic heterocycles. The van der Waals surface area contributed by atoms with Crippen molar-refractivity contribution in [1.82, 2.24) is 15.2 Å². The van der Waals surface area contributed by atoms with E-state index >= 15 is 0 Å². The monoisotopic (exact) mass is 254 g/mol. The molecule has 3 rings (SSSR count). The summed E-state index contributed by atoms with van der Waals surface area (Å²) in [5, 5.41) is 12.3. The van der Waals surface area contributed by atoms with Gasteiger partial charge in [0.05, 0.1) is 19.3 Å². The summed E-state index contributed by atoms with van der Waals surface area (Å²) in [5.74, 6) is 1.66. The molecule has 19 heavy (non-hydrogen) atoms. The summed E-state index contributed by atoms with van der Waals surface area (Å²) >= 11 is 0. The molecule has 0 fully saturated rings. The first-order valence-electron chi connectivity index (χ1n) is 6.02. The lowest BCUT2D eigenvalue weighted by molar-refractivity contribution is 0.415. The number of nitrogens with one attached hydrogen (secondary N) is 2. The molecule has 2 heterocycles. The van der Waals surface area contributed by atoms with Gasteiger partial charge < -0.3 is 10.1 Å². The number of anilines is 1. The van der Waals surface area contributed by atoms with Crippen LogP contribution in [-0.2, 0) is 6.54 Å². The Morgan fingerprint density at radius 1 is 1.21 bits per heavy atom. The van der Waals surface area contributed by atoms with Crippen LogP contribution < -0.4 is 10.1 Å². The normalized spacial score (nSPS) is 10.6. The maximum Gasteiger partial charge on any atom is 0.134 e. The molecule has 0 saturated heterocycles. The van der Waals surface area contributed by atoms with Crippen molar-refractivity contribution in [3.8, 4) is 5.75 Å². The number of ether oxygens (including phenoxy) is 1. The van der Waals surface area contributed by atoms with Crippen LogP contribution in [0.3, 0.4) is 0 Å². The van der Waals surface area contributed by atoms with Crippen molar-refractivity contribution in [2.45, 2.75) is 6.54 Å². The predicted molar refractivity (Wildman–Crippen MR) is 74.2 cm³/mol. The standard InChI is InChI=1S/C14H14N4O/c1-19-12-3-2-10-4-6-15-14(13(10)8-12)16-9-11-5-7-17-18-11/h2-8H,9H2,1H3,(H,15,16)(H,17,18). The van der Waals surface area contributed by atoms with Crippen molar-refractivity contribution in [3.05, 3.63) is 48.4 Å². The number of fused-ring (bicyclic) bond motifs is 1. The van der Waals surface area contributed by atoms with Gasteiger partial charge in [0, 0.05) is 17.8 Å². The highest BCUT2D eigenvalue weighted by Crippen LogP contribution is 2.25. The second-order valence-corrected chi connectivity index (χ2v) is 4.18. The molecular weight excluding hydrogens is 240 g/mol. The summed E-state index contributed by atoms with van der Waals surface area (Å²) in [5.41, 5.74) is 1.02. The fourth-order valence-corrected chi connectivity index (χ4v) is 1.98. The van der Waals surface area contributed by atoms with Crippen LogP contribution in [0.25, 0.3) is 10.8 Å². The Balaban J connectivity index is 1.93. The minimum absolute atomic E-state index is 0.656. The van der Waals surface area contributed by atoms with Gasteiger partial charge in [0.2, 0.25) is 0 Å². The van der Waals surface area contributed by atoms with Crippen LogP contribution in [0.5, 0.6) is 5.75 Å². The van der Waals surface area contributed by atoms with E-state index in [4.69, 9.17) is 4.74 Å². The Bertz CT molecular complexity index is 679. The van der Waals surface area contributed by atoms with Crippen LogP contribution in [-0.4, -0.2) is 22.3 Å². The molecule has 2 aromatic heterocycles. The lowest BCUT2D eigenvalue weighted by Gasteiger charge is -2.09. The number of aromatic amines is 1. The summed E-state index contributed by atoms with van der Waals surface area (Å²) in [6, 6.07) is 9.87. The molecule has 5 heteroatoms. The lowest BCUT2D eigenvalue weighted by atomic mass is 10.1. The molecule has 0 aliphatic rings. The second-order valence-electron chi connectivity index (χ2n) is 4.18. The number of methoxy groups -OCH3 is 1. The molecule has 2 N–H and O–H groups in total. The van der Waals surface area contributed by atoms with Gasteiger partial charge in [-0.25, -0.2) is 4.98 Å². The van der Waals surface area contributed by atoms with Gasteiger partial charge in [-0.1, -0.05) is 6.07 Å². The highest BCUT2D eigenvalue weighted by atomic mass is 16.5. The van der Waals surface area contributed by atoms with E-state index in [0.717, 1.165) is 28.0 Å². The quantitative estimate of drug-likeness (QED) is 0.751. The average molecular weight is 254 g/mol. The average Bonchev–Trinajstić information content (AvgIpc) is 2.97. The zero-order valence-corrected chi connectivity index (χ0v) is 10.6. The maximum atomic E-state index is 5.26. The van der Waals surface area contributed by atoms with E-state index < -0.39 is 0 Å². The second kappa shape index (κ2) is 4.97. The fourth-order valence-electron chi connectivity index (χ4n) is 1.98. The Morgan fingerprint density at radius 2 is 2.16 bits per heavy atom. The van der Waals surface area contributed by atoms with Gasteiger partial charge >= 0.3 is 0 Å². The van der Waals surface area contributed by atoms with Crippen LogP contribution in [0.2, 0.25) is 0 Å². The third kappa shape index (κ3) is 2.35. The van der Waals surface area contributed by atoms with Crippen molar-refractivity contribution >= 4 is 16.6 Å². The van der Waals surface area contributed by atoms with Gasteiger partial charge in [0.25, 0.3) is 0 Å². The van der Waals surface area contributed by atoms with E-state index in [0.29, 0.717) is 6.54 Å². The summed E-state index contributed by atoms with van der Waals surface area (Å²) < 4.78 is 5.26. The molecule has 96 valence electrons. The molecule has 0 atom stereocenters. The molecule has 0 unspecified atom stereocenters. The first kappa shape index (κ1) is 11.5. The van der Waals surface area contributed by atoms with Crippen LogP contribution in [0.1, 0.15) is 5.69 Å². The highest BCUT2D eigenvalue weighted by molar-refractivity contribution is 5.92. The highest BCUT2D eigenvalue weighted by Gasteiger charge is 2.04. The van der Waals surface area contributed by atoms with E-state index in [1.165, 1.54) is 0 Å². The summed E-state index contributed by atoms with van der Waals surface area (Å²) in [4.78, 5) is 4.38. The minimum atomic E-state index is 0.656. The van der Waals surface area contributed by atoms with Crippen LogP contribution >= 0.6 is 0 Å². The zero-order chi connectivity index (χ0) is 13.1. The van der Waals surface area contributed by atoms with Gasteiger partial charge in [0.1, 0.15) is 11.6 Å². The fraction of sp³-hybridized carbons (Fsp3) is 0.143. The van der Waals surface area contributed by atoms with Gasteiger partial charge in [0.15, 0.2) is 0 Å². The first-order valence-corrected chi connectivity index (χ1v) is 6.02. The van der Waals surface area contributed by atoms with Crippen molar-refractivity contribution in [2.24, 2.45) is 0 Å². The topological polar surface area (TPSA) is 62.8 Å². The number of rotatable bonds is 4. The number of H-pyrrole nitrogens is 1. The zero-order valence-electron chi connectivity index (χ0n) is 10.6. The molecule has 0 saturated carbocycles. The molecule has 3 aromatic rings. The van der Waals surface area contributed by atoms with E-state index in [-0.39, 0.29) is 0 Å². The Morgan fingerprint density at radius 3 is 2.95 bits per heavy atom. The van der Waals surface area contributed by atoms with Gasteiger partial charge in [-0.3, -0.25) is 5.10 Å². The molecular formula is C14H14N4O. The third-order valence-corrected chi connectivity index (χ3v) is 2.98. The van der Waals surface area contributed by atoms with Gasteiger partial charge in [-0.2, -0.15) is 5.10 Å². The largest absolute Gasteiger partial charge is 0.497 e. The Labute approximate surface area is 110 Å². The van der Waals surface area contributed by atoms with Crippen LogP contribution in [0.4, 0.5) is 5.82 Å². The van der Waals surface area contributed by atoms with Crippen molar-refractivity contribution < 1.29 is 4.74 Å². The number of pyridine rings is 1. The van der Waals surface area contributed by atoms with E-state index in [9.17, 15) is 0 Å². The number of benzene rings is 1. The van der Waals surface area contributed by atoms with Crippen LogP contribution in [0.15, 0.2) is 42.7 Å². The number of hydrogen-bond acceptors (Lipinski definition) is 4. The van der Waals surface area contributed by atoms with Gasteiger partial charge in [-0.15, -0.1) is 0 Å². The molecule has 0 aliphatic carbocycles. The minimum Gasteiger partial charge on any atom is -0.497 e. The number of nitrogens with zero attached hydrogens (tertiary/aromatic N) is 2. The Kier molecular flexibility index (Phi) is 3.02. The molecule has 1 aromatic carbocycles. The molecule has 0 spiro atoms. The maximum absolute atomic E-state index is 5.26. The van der Waals surface area contributed by atoms with Crippen LogP contribution in [0, 0.1) is 0 Å². The number of aromatic nitrogens is 3. The summed E-state index contributed by atoms with van der Waals surface area (Å²) in [6.07, 6.45) is 3.53. The van der Waals surface area contributed by atoms with E-state index in [2.05, 4.69) is 20.5 Å². The summed E-state index contributed by atoms with van der Waals surface area (Å²) in [6.45, 7) is 0.656. The molecule has 0 radical (unpaired) electrons. The van der Waals surface area contributed by atoms with Crippen molar-refractivity contribution in [2.75, 3.05) is 12.4 Å². The molecule has 5 nitrogen and oxygen atoms in total.